The number of nitrogens with zero attached hydrogens (tertiary/aromatic N) is 3. The number of hydrogen-bond acceptors (Lipinski definition) is 4. The van der Waals surface area contributed by atoms with E-state index in [9.17, 15) is 4.79 Å². The molecular weight excluding hydrogens is 467 g/mol. The number of hydrogen-bond donors (Lipinski definition) is 1. The van der Waals surface area contributed by atoms with Crippen molar-refractivity contribution in [2.24, 2.45) is 11.8 Å². The van der Waals surface area contributed by atoms with Gasteiger partial charge in [0, 0.05) is 42.9 Å². The third kappa shape index (κ3) is 5.19. The molecule has 5 rings (SSSR count). The highest BCUT2D eigenvalue weighted by Crippen LogP contribution is 2.36. The Kier molecular flexibility index (Phi) is 7.03. The van der Waals surface area contributed by atoms with Crippen LogP contribution in [0.4, 0.5) is 4.39 Å². The lowest BCUT2D eigenvalue weighted by Gasteiger charge is -2.32. The Morgan fingerprint density at radius 2 is 2.09 bits per heavy atom. The molecule has 1 amide bonds. The van der Waals surface area contributed by atoms with E-state index in [1.165, 1.54) is 6.07 Å². The van der Waals surface area contributed by atoms with E-state index in [4.69, 9.17) is 27.7 Å². The Morgan fingerprint density at radius 3 is 2.89 bits per heavy atom. The third-order valence-corrected chi connectivity index (χ3v) is 7.36. The van der Waals surface area contributed by atoms with Gasteiger partial charge in [-0.3, -0.25) is 4.79 Å². The van der Waals surface area contributed by atoms with Gasteiger partial charge in [0.05, 0.1) is 35.2 Å². The SMILES string of the molecule is C#Cc1cc(F)c(C[C@H]2CCC[C@@H](CC(=O)N3CCOCC3)C2)nc1-c1c[nH]c2ncc(Cl)cc12. The zero-order valence-corrected chi connectivity index (χ0v) is 20.3. The predicted molar refractivity (Wildman–Crippen MR) is 133 cm³/mol. The summed E-state index contributed by atoms with van der Waals surface area (Å²) in [4.78, 5) is 26.8. The molecule has 3 aromatic rings. The van der Waals surface area contributed by atoms with Crippen molar-refractivity contribution in [2.75, 3.05) is 26.3 Å². The fourth-order valence-corrected chi connectivity index (χ4v) is 5.55. The number of terminal acetylenes is 1. The molecular formula is C27H28ClFN4O2. The van der Waals surface area contributed by atoms with Gasteiger partial charge in [-0.2, -0.15) is 0 Å². The van der Waals surface area contributed by atoms with Gasteiger partial charge in [-0.15, -0.1) is 6.42 Å². The van der Waals surface area contributed by atoms with Crippen LogP contribution in [0.2, 0.25) is 5.02 Å². The summed E-state index contributed by atoms with van der Waals surface area (Å²) in [5.74, 6) is 2.99. The second-order valence-corrected chi connectivity index (χ2v) is 9.95. The van der Waals surface area contributed by atoms with E-state index in [2.05, 4.69) is 15.9 Å². The number of halogens is 2. The maximum Gasteiger partial charge on any atom is 0.223 e. The minimum absolute atomic E-state index is 0.204. The monoisotopic (exact) mass is 494 g/mol. The molecule has 3 aromatic heterocycles. The topological polar surface area (TPSA) is 71.1 Å². The molecule has 1 saturated heterocycles. The van der Waals surface area contributed by atoms with Gasteiger partial charge in [-0.1, -0.05) is 30.4 Å². The Morgan fingerprint density at radius 1 is 1.29 bits per heavy atom. The van der Waals surface area contributed by atoms with Crippen molar-refractivity contribution >= 4 is 28.5 Å². The first-order chi connectivity index (χ1) is 17.0. The molecule has 0 radical (unpaired) electrons. The standard InChI is InChI=1S/C27H28ClFN4O2/c1-2-19-13-23(29)24(32-26(19)22-16-31-27-21(22)14-20(28)15-30-27)11-17-4-3-5-18(10-17)12-25(34)33-6-8-35-9-7-33/h1,13-18H,3-12H2,(H,30,31)/t17-,18+/m0/s1. The summed E-state index contributed by atoms with van der Waals surface area (Å²) >= 11 is 6.16. The molecule has 35 heavy (non-hydrogen) atoms. The molecule has 8 heteroatoms. The molecule has 2 atom stereocenters. The van der Waals surface area contributed by atoms with Crippen LogP contribution in [0.1, 0.15) is 43.4 Å². The van der Waals surface area contributed by atoms with Crippen LogP contribution in [0, 0.1) is 30.0 Å². The molecule has 2 fully saturated rings. The number of carbonyl (C=O) groups excluding carboxylic acids is 1. The van der Waals surface area contributed by atoms with Gasteiger partial charge in [0.15, 0.2) is 0 Å². The van der Waals surface area contributed by atoms with E-state index in [0.717, 1.165) is 36.6 Å². The number of aromatic nitrogens is 3. The molecule has 0 bridgehead atoms. The van der Waals surface area contributed by atoms with E-state index in [1.54, 1.807) is 18.5 Å². The van der Waals surface area contributed by atoms with Crippen LogP contribution in [0.3, 0.4) is 0 Å². The summed E-state index contributed by atoms with van der Waals surface area (Å²) < 4.78 is 20.4. The van der Waals surface area contributed by atoms with Crippen molar-refractivity contribution in [1.29, 1.82) is 0 Å². The average molecular weight is 495 g/mol. The number of fused-ring (bicyclic) bond motifs is 1. The summed E-state index contributed by atoms with van der Waals surface area (Å²) in [5.41, 5.74) is 2.77. The van der Waals surface area contributed by atoms with Crippen molar-refractivity contribution in [3.8, 4) is 23.6 Å². The van der Waals surface area contributed by atoms with E-state index in [0.29, 0.717) is 72.7 Å². The molecule has 0 spiro atoms. The van der Waals surface area contributed by atoms with Crippen LogP contribution in [0.25, 0.3) is 22.3 Å². The summed E-state index contributed by atoms with van der Waals surface area (Å²) in [6.45, 7) is 2.56. The predicted octanol–water partition coefficient (Wildman–Crippen LogP) is 5.00. The number of carbonyl (C=O) groups is 1. The summed E-state index contributed by atoms with van der Waals surface area (Å²) in [6.07, 6.45) is 14.1. The summed E-state index contributed by atoms with van der Waals surface area (Å²) in [6, 6.07) is 3.20. The van der Waals surface area contributed by atoms with E-state index < -0.39 is 0 Å². The zero-order chi connectivity index (χ0) is 24.4. The fraction of sp³-hybridized carbons (Fsp3) is 0.444. The number of H-pyrrole nitrogens is 1. The van der Waals surface area contributed by atoms with Crippen molar-refractivity contribution in [3.05, 3.63) is 46.6 Å². The van der Waals surface area contributed by atoms with Crippen LogP contribution in [-0.2, 0) is 16.0 Å². The second kappa shape index (κ2) is 10.3. The van der Waals surface area contributed by atoms with Crippen molar-refractivity contribution < 1.29 is 13.9 Å². The van der Waals surface area contributed by atoms with Crippen LogP contribution < -0.4 is 0 Å². The maximum atomic E-state index is 15.1. The average Bonchev–Trinajstić information content (AvgIpc) is 3.28. The number of amides is 1. The molecule has 0 aromatic carbocycles. The van der Waals surface area contributed by atoms with Gasteiger partial charge in [-0.05, 0) is 43.2 Å². The van der Waals surface area contributed by atoms with Gasteiger partial charge in [-0.25, -0.2) is 14.4 Å². The summed E-state index contributed by atoms with van der Waals surface area (Å²) in [7, 11) is 0. The Bertz CT molecular complexity index is 1280. The zero-order valence-electron chi connectivity index (χ0n) is 19.5. The van der Waals surface area contributed by atoms with E-state index in [1.807, 2.05) is 4.90 Å². The van der Waals surface area contributed by atoms with Crippen LogP contribution in [0.5, 0.6) is 0 Å². The number of aromatic amines is 1. The smallest absolute Gasteiger partial charge is 0.223 e. The highest BCUT2D eigenvalue weighted by molar-refractivity contribution is 6.31. The Labute approximate surface area is 209 Å². The molecule has 4 heterocycles. The van der Waals surface area contributed by atoms with Crippen LogP contribution in [-0.4, -0.2) is 52.1 Å². The van der Waals surface area contributed by atoms with Crippen molar-refractivity contribution in [2.45, 2.75) is 38.5 Å². The van der Waals surface area contributed by atoms with Gasteiger partial charge >= 0.3 is 0 Å². The number of morpholine rings is 1. The lowest BCUT2D eigenvalue weighted by molar-refractivity contribution is -0.136. The normalized spacial score (nSPS) is 20.7. The minimum atomic E-state index is -0.385. The lowest BCUT2D eigenvalue weighted by atomic mass is 9.77. The van der Waals surface area contributed by atoms with Gasteiger partial charge < -0.3 is 14.6 Å². The van der Waals surface area contributed by atoms with Gasteiger partial charge in [0.1, 0.15) is 11.5 Å². The molecule has 2 aliphatic rings. The Hall–Kier alpha value is -2.95. The van der Waals surface area contributed by atoms with Crippen LogP contribution in [0.15, 0.2) is 24.5 Å². The number of ether oxygens (including phenoxy) is 1. The van der Waals surface area contributed by atoms with E-state index >= 15 is 4.39 Å². The number of rotatable bonds is 5. The summed E-state index contributed by atoms with van der Waals surface area (Å²) in [5, 5.41) is 1.29. The first-order valence-corrected chi connectivity index (χ1v) is 12.5. The molecule has 6 nitrogen and oxygen atoms in total. The van der Waals surface area contributed by atoms with Gasteiger partial charge in [0.2, 0.25) is 5.91 Å². The molecule has 1 aliphatic heterocycles. The molecule has 1 N–H and O–H groups in total. The second-order valence-electron chi connectivity index (χ2n) is 9.51. The molecule has 182 valence electrons. The van der Waals surface area contributed by atoms with Crippen molar-refractivity contribution in [3.63, 3.8) is 0 Å². The van der Waals surface area contributed by atoms with Crippen molar-refractivity contribution in [1.82, 2.24) is 19.9 Å². The molecule has 0 unspecified atom stereocenters. The highest BCUT2D eigenvalue weighted by atomic mass is 35.5. The molecule has 1 aliphatic carbocycles. The molecule has 1 saturated carbocycles. The highest BCUT2D eigenvalue weighted by Gasteiger charge is 2.28. The first-order valence-electron chi connectivity index (χ1n) is 12.2. The minimum Gasteiger partial charge on any atom is -0.378 e. The van der Waals surface area contributed by atoms with E-state index in [-0.39, 0.29) is 17.6 Å². The number of nitrogens with one attached hydrogen (secondary N) is 1. The first kappa shape index (κ1) is 23.8. The number of pyridine rings is 2. The quantitative estimate of drug-likeness (QED) is 0.507. The fourth-order valence-electron chi connectivity index (χ4n) is 5.39. The Balaban J connectivity index is 1.35. The lowest BCUT2D eigenvalue weighted by Crippen LogP contribution is -2.41. The van der Waals surface area contributed by atoms with Gasteiger partial charge in [0.25, 0.3) is 0 Å². The van der Waals surface area contributed by atoms with Crippen LogP contribution >= 0.6 is 11.6 Å². The maximum absolute atomic E-state index is 15.1. The third-order valence-electron chi connectivity index (χ3n) is 7.16. The largest absolute Gasteiger partial charge is 0.378 e.